The Labute approximate surface area is 210 Å². The average molecular weight is 488 g/mol. The molecule has 1 aliphatic heterocycles. The highest BCUT2D eigenvalue weighted by Crippen LogP contribution is 2.29. The first-order valence-corrected chi connectivity index (χ1v) is 13.1. The number of hydrogen-bond donors (Lipinski definition) is 0. The number of aromatic nitrogens is 1. The summed E-state index contributed by atoms with van der Waals surface area (Å²) in [6.07, 6.45) is 4.32. The van der Waals surface area contributed by atoms with Gasteiger partial charge in [-0.25, -0.2) is 4.39 Å². The van der Waals surface area contributed by atoms with E-state index in [0.29, 0.717) is 17.9 Å². The van der Waals surface area contributed by atoms with Gasteiger partial charge in [0, 0.05) is 31.2 Å². The van der Waals surface area contributed by atoms with E-state index in [1.807, 2.05) is 53.9 Å². The molecular formula is C29H30FN3OS. The van der Waals surface area contributed by atoms with E-state index in [2.05, 4.69) is 34.1 Å². The number of rotatable bonds is 7. The maximum absolute atomic E-state index is 14.6. The number of hydrogen-bond acceptors (Lipinski definition) is 4. The fourth-order valence-corrected chi connectivity index (χ4v) is 5.90. The molecule has 1 saturated heterocycles. The number of thiophene rings is 1. The highest BCUT2D eigenvalue weighted by Gasteiger charge is 2.32. The molecule has 0 bridgehead atoms. The molecule has 180 valence electrons. The Morgan fingerprint density at radius 3 is 2.71 bits per heavy atom. The fraction of sp³-hybridized carbons (Fsp3) is 0.310. The molecule has 1 amide bonds. The number of fused-ring (bicyclic) bond motifs is 1. The molecule has 2 aromatic carbocycles. The van der Waals surface area contributed by atoms with Crippen LogP contribution in [0.1, 0.15) is 33.6 Å². The van der Waals surface area contributed by atoms with Crippen molar-refractivity contribution in [3.63, 3.8) is 0 Å². The lowest BCUT2D eigenvalue weighted by atomic mass is 9.84. The summed E-state index contributed by atoms with van der Waals surface area (Å²) in [5.41, 5.74) is 2.97. The third-order valence-electron chi connectivity index (χ3n) is 7.19. The van der Waals surface area contributed by atoms with Crippen molar-refractivity contribution in [2.45, 2.75) is 31.8 Å². The van der Waals surface area contributed by atoms with Crippen molar-refractivity contribution >= 4 is 28.1 Å². The number of amides is 1. The second kappa shape index (κ2) is 10.7. The van der Waals surface area contributed by atoms with Gasteiger partial charge in [-0.1, -0.05) is 42.5 Å². The number of likely N-dealkylation sites (tertiary alicyclic amines) is 1. The molecule has 3 heterocycles. The lowest BCUT2D eigenvalue weighted by molar-refractivity contribution is 0.0588. The van der Waals surface area contributed by atoms with Crippen LogP contribution in [-0.4, -0.2) is 46.9 Å². The normalized spacial score (nSPS) is 15.8. The molecule has 35 heavy (non-hydrogen) atoms. The van der Waals surface area contributed by atoms with Crippen molar-refractivity contribution in [1.29, 1.82) is 0 Å². The Morgan fingerprint density at radius 2 is 1.94 bits per heavy atom. The number of carbonyl (C=O) groups is 1. The van der Waals surface area contributed by atoms with Crippen molar-refractivity contribution in [3.8, 4) is 0 Å². The van der Waals surface area contributed by atoms with Crippen LogP contribution >= 0.6 is 11.3 Å². The molecule has 0 radical (unpaired) electrons. The third kappa shape index (κ3) is 5.44. The highest BCUT2D eigenvalue weighted by atomic mass is 32.1. The Hall–Kier alpha value is -3.09. The Balaban J connectivity index is 1.29. The largest absolute Gasteiger partial charge is 0.337 e. The predicted molar refractivity (Wildman–Crippen MR) is 140 cm³/mol. The van der Waals surface area contributed by atoms with Gasteiger partial charge in [0.15, 0.2) is 0 Å². The zero-order valence-corrected chi connectivity index (χ0v) is 20.8. The summed E-state index contributed by atoms with van der Waals surface area (Å²) >= 11 is 1.46. The smallest absolute Gasteiger partial charge is 0.263 e. The van der Waals surface area contributed by atoms with Crippen LogP contribution in [0.2, 0.25) is 0 Å². The molecule has 2 aromatic heterocycles. The van der Waals surface area contributed by atoms with Crippen LogP contribution in [0.5, 0.6) is 0 Å². The number of carbonyl (C=O) groups excluding carboxylic acids is 1. The molecule has 0 unspecified atom stereocenters. The van der Waals surface area contributed by atoms with Crippen molar-refractivity contribution in [2.24, 2.45) is 5.92 Å². The molecule has 4 nitrogen and oxygen atoms in total. The number of likely N-dealkylation sites (N-methyl/N-ethyl adjacent to an activating group) is 1. The molecule has 0 spiro atoms. The Bertz CT molecular complexity index is 1280. The van der Waals surface area contributed by atoms with Gasteiger partial charge in [0.25, 0.3) is 5.91 Å². The van der Waals surface area contributed by atoms with Crippen LogP contribution in [0.4, 0.5) is 4.39 Å². The van der Waals surface area contributed by atoms with Gasteiger partial charge in [-0.3, -0.25) is 14.7 Å². The number of benzene rings is 2. The first-order chi connectivity index (χ1) is 17.1. The summed E-state index contributed by atoms with van der Waals surface area (Å²) in [7, 11) is 1.88. The van der Waals surface area contributed by atoms with E-state index in [1.165, 1.54) is 23.0 Å². The predicted octanol–water partition coefficient (Wildman–Crippen LogP) is 6.03. The molecule has 6 heteroatoms. The molecule has 1 aliphatic rings. The van der Waals surface area contributed by atoms with E-state index < -0.39 is 0 Å². The monoisotopic (exact) mass is 487 g/mol. The van der Waals surface area contributed by atoms with Crippen LogP contribution in [-0.2, 0) is 13.0 Å². The first-order valence-electron chi connectivity index (χ1n) is 12.2. The second-order valence-electron chi connectivity index (χ2n) is 9.40. The van der Waals surface area contributed by atoms with E-state index in [4.69, 9.17) is 0 Å². The summed E-state index contributed by atoms with van der Waals surface area (Å²) in [5.74, 6) is 0.141. The third-order valence-corrected chi connectivity index (χ3v) is 8.05. The molecular weight excluding hydrogens is 457 g/mol. The SMILES string of the molecule is CN(C(=O)c1cccs1)[C@H](Cc1ccccc1F)C1CCN(Cc2ccc3cccnc3c2)CC1. The van der Waals surface area contributed by atoms with Crippen LogP contribution in [0.3, 0.4) is 0 Å². The van der Waals surface area contributed by atoms with E-state index in [-0.39, 0.29) is 17.8 Å². The lowest BCUT2D eigenvalue weighted by Crippen LogP contribution is -2.47. The zero-order valence-electron chi connectivity index (χ0n) is 19.9. The number of halogens is 1. The lowest BCUT2D eigenvalue weighted by Gasteiger charge is -2.40. The molecule has 4 aromatic rings. The van der Waals surface area contributed by atoms with Crippen LogP contribution < -0.4 is 0 Å². The number of piperidine rings is 1. The van der Waals surface area contributed by atoms with Crippen LogP contribution in [0.15, 0.2) is 78.3 Å². The minimum absolute atomic E-state index is 0.0208. The molecule has 1 atom stereocenters. The first kappa shape index (κ1) is 23.6. The topological polar surface area (TPSA) is 36.4 Å². The standard InChI is InChI=1S/C29H30FN3OS/c1-32(29(34)28-9-5-17-35-28)27(19-24-6-2-3-8-25(24)30)23-12-15-33(16-13-23)20-21-10-11-22-7-4-14-31-26(22)18-21/h2-11,14,17-18,23,27H,12-13,15-16,19-20H2,1H3/t27-/m1/s1. The molecule has 0 aliphatic carbocycles. The molecule has 0 saturated carbocycles. The van der Waals surface area contributed by atoms with Crippen LogP contribution in [0, 0.1) is 11.7 Å². The van der Waals surface area contributed by atoms with Gasteiger partial charge in [0.1, 0.15) is 5.82 Å². The van der Waals surface area contributed by atoms with E-state index in [0.717, 1.165) is 48.3 Å². The van der Waals surface area contributed by atoms with E-state index >= 15 is 0 Å². The van der Waals surface area contributed by atoms with Gasteiger partial charge in [-0.15, -0.1) is 11.3 Å². The van der Waals surface area contributed by atoms with Crippen molar-refractivity contribution in [2.75, 3.05) is 20.1 Å². The number of nitrogens with zero attached hydrogens (tertiary/aromatic N) is 3. The quantitative estimate of drug-likeness (QED) is 0.319. The zero-order chi connectivity index (χ0) is 24.2. The van der Waals surface area contributed by atoms with E-state index in [1.54, 1.807) is 6.07 Å². The molecule has 0 N–H and O–H groups in total. The van der Waals surface area contributed by atoms with Gasteiger partial charge in [-0.05, 0) is 79.0 Å². The second-order valence-corrected chi connectivity index (χ2v) is 10.3. The highest BCUT2D eigenvalue weighted by molar-refractivity contribution is 7.12. The number of pyridine rings is 1. The van der Waals surface area contributed by atoms with Crippen molar-refractivity contribution in [1.82, 2.24) is 14.8 Å². The van der Waals surface area contributed by atoms with E-state index in [9.17, 15) is 9.18 Å². The van der Waals surface area contributed by atoms with Gasteiger partial charge in [-0.2, -0.15) is 0 Å². The van der Waals surface area contributed by atoms with Crippen LogP contribution in [0.25, 0.3) is 10.9 Å². The van der Waals surface area contributed by atoms with Gasteiger partial charge >= 0.3 is 0 Å². The van der Waals surface area contributed by atoms with Crippen molar-refractivity contribution in [3.05, 3.63) is 100 Å². The minimum atomic E-state index is -0.197. The molecule has 1 fully saturated rings. The molecule has 5 rings (SSSR count). The van der Waals surface area contributed by atoms with Gasteiger partial charge in [0.2, 0.25) is 0 Å². The Morgan fingerprint density at radius 1 is 1.11 bits per heavy atom. The minimum Gasteiger partial charge on any atom is -0.337 e. The van der Waals surface area contributed by atoms with Gasteiger partial charge < -0.3 is 4.90 Å². The summed E-state index contributed by atoms with van der Waals surface area (Å²) in [6.45, 7) is 2.81. The maximum atomic E-state index is 14.6. The van der Waals surface area contributed by atoms with Gasteiger partial charge in [0.05, 0.1) is 10.4 Å². The summed E-state index contributed by atoms with van der Waals surface area (Å²) in [5, 5.41) is 3.08. The maximum Gasteiger partial charge on any atom is 0.263 e. The Kier molecular flexibility index (Phi) is 7.21. The summed E-state index contributed by atoms with van der Waals surface area (Å²) in [6, 6.07) is 21.2. The summed E-state index contributed by atoms with van der Waals surface area (Å²) < 4.78 is 14.6. The average Bonchev–Trinajstić information content (AvgIpc) is 3.43. The fourth-order valence-electron chi connectivity index (χ4n) is 5.20. The van der Waals surface area contributed by atoms with Crippen molar-refractivity contribution < 1.29 is 9.18 Å². The summed E-state index contributed by atoms with van der Waals surface area (Å²) in [4.78, 5) is 22.8.